The van der Waals surface area contributed by atoms with Crippen LogP contribution >= 0.6 is 0 Å². The highest BCUT2D eigenvalue weighted by atomic mass is 16.5. The van der Waals surface area contributed by atoms with E-state index in [1.54, 1.807) is 18.2 Å². The minimum atomic E-state index is -2.21. The minimum absolute atomic E-state index is 0.107. The molecule has 24 heavy (non-hydrogen) atoms. The summed E-state index contributed by atoms with van der Waals surface area (Å²) in [4.78, 5) is 22.9. The molecule has 0 bridgehead atoms. The van der Waals surface area contributed by atoms with E-state index in [0.717, 1.165) is 6.26 Å². The highest BCUT2D eigenvalue weighted by molar-refractivity contribution is 5.86. The van der Waals surface area contributed by atoms with Crippen molar-refractivity contribution in [2.45, 2.75) is 36.8 Å². The molecule has 2 aromatic rings. The van der Waals surface area contributed by atoms with Crippen molar-refractivity contribution in [1.29, 1.82) is 0 Å². The summed E-state index contributed by atoms with van der Waals surface area (Å²) < 4.78 is 10.5. The third kappa shape index (κ3) is 2.75. The van der Waals surface area contributed by atoms with Crippen LogP contribution in [0.5, 0.6) is 5.75 Å². The molecule has 8 heteroatoms. The van der Waals surface area contributed by atoms with E-state index in [1.165, 1.54) is 6.07 Å². The fourth-order valence-electron chi connectivity index (χ4n) is 2.90. The molecule has 0 spiro atoms. The molecule has 0 saturated heterocycles. The van der Waals surface area contributed by atoms with Crippen LogP contribution in [-0.4, -0.2) is 50.3 Å². The van der Waals surface area contributed by atoms with Crippen molar-refractivity contribution in [1.82, 2.24) is 0 Å². The molecule has 128 valence electrons. The van der Waals surface area contributed by atoms with Crippen LogP contribution in [0.3, 0.4) is 0 Å². The fraction of sp³-hybridized carbons (Fsp3) is 0.375. The quantitative estimate of drug-likeness (QED) is 0.608. The highest BCUT2D eigenvalue weighted by Crippen LogP contribution is 2.33. The number of hydrogen-bond donors (Lipinski definition) is 4. The lowest BCUT2D eigenvalue weighted by molar-refractivity contribution is -0.184. The first-order valence-corrected chi connectivity index (χ1v) is 7.31. The highest BCUT2D eigenvalue weighted by Gasteiger charge is 2.50. The molecule has 8 nitrogen and oxygen atoms in total. The summed E-state index contributed by atoms with van der Waals surface area (Å²) in [5.74, 6) is -1.40. The summed E-state index contributed by atoms with van der Waals surface area (Å²) >= 11 is 0. The molecule has 1 aromatic heterocycles. The van der Waals surface area contributed by atoms with Gasteiger partial charge in [0.05, 0.1) is 11.5 Å². The van der Waals surface area contributed by atoms with Crippen molar-refractivity contribution in [3.63, 3.8) is 0 Å². The smallest absolute Gasteiger partial charge is 0.343 e. The van der Waals surface area contributed by atoms with Crippen LogP contribution in [0, 0.1) is 0 Å². The zero-order valence-electron chi connectivity index (χ0n) is 12.5. The molecule has 1 aliphatic rings. The van der Waals surface area contributed by atoms with Gasteiger partial charge in [-0.05, 0) is 6.07 Å². The average Bonchev–Trinajstić information content (AvgIpc) is 2.55. The second-order valence-electron chi connectivity index (χ2n) is 5.89. The van der Waals surface area contributed by atoms with Gasteiger partial charge in [-0.2, -0.15) is 0 Å². The maximum absolute atomic E-state index is 11.7. The van der Waals surface area contributed by atoms with Gasteiger partial charge in [0.2, 0.25) is 0 Å². The summed E-state index contributed by atoms with van der Waals surface area (Å²) in [6, 6.07) is 6.46. The third-order valence-corrected chi connectivity index (χ3v) is 4.22. The number of carboxylic acids is 1. The SMILES string of the molecule is O=C(O)[C@]1(O)C[C@@H](O)[C@@H](O)[C@H](Oc2coc(=O)c3ccccc23)C1. The number of hydrogen-bond acceptors (Lipinski definition) is 7. The van der Waals surface area contributed by atoms with Crippen LogP contribution in [-0.2, 0) is 4.79 Å². The Morgan fingerprint density at radius 2 is 1.88 bits per heavy atom. The van der Waals surface area contributed by atoms with E-state index in [9.17, 15) is 24.9 Å². The number of aliphatic hydroxyl groups excluding tert-OH is 2. The Labute approximate surface area is 135 Å². The first-order chi connectivity index (χ1) is 11.3. The molecular formula is C16H16O8. The van der Waals surface area contributed by atoms with Gasteiger partial charge < -0.3 is 29.6 Å². The van der Waals surface area contributed by atoms with E-state index < -0.39 is 48.3 Å². The van der Waals surface area contributed by atoms with Crippen molar-refractivity contribution in [3.8, 4) is 5.75 Å². The van der Waals surface area contributed by atoms with E-state index in [2.05, 4.69) is 0 Å². The third-order valence-electron chi connectivity index (χ3n) is 4.22. The van der Waals surface area contributed by atoms with Gasteiger partial charge >= 0.3 is 11.6 Å². The second-order valence-corrected chi connectivity index (χ2v) is 5.89. The number of carboxylic acid groups (broad SMARTS) is 1. The lowest BCUT2D eigenvalue weighted by Crippen LogP contribution is -2.57. The number of benzene rings is 1. The van der Waals surface area contributed by atoms with Crippen LogP contribution in [0.15, 0.2) is 39.7 Å². The number of aliphatic hydroxyl groups is 3. The minimum Gasteiger partial charge on any atom is -0.484 e. The topological polar surface area (TPSA) is 137 Å². The van der Waals surface area contributed by atoms with Gasteiger partial charge in [-0.3, -0.25) is 0 Å². The summed E-state index contributed by atoms with van der Waals surface area (Å²) in [6.07, 6.45) is -3.92. The normalized spacial score (nSPS) is 30.2. The lowest BCUT2D eigenvalue weighted by atomic mass is 9.79. The molecule has 4 atom stereocenters. The molecule has 3 rings (SSSR count). The van der Waals surface area contributed by atoms with E-state index in [1.807, 2.05) is 0 Å². The Bertz CT molecular complexity index is 828. The molecule has 1 heterocycles. The van der Waals surface area contributed by atoms with Crippen LogP contribution < -0.4 is 10.4 Å². The Kier molecular flexibility index (Phi) is 4.04. The van der Waals surface area contributed by atoms with Crippen molar-refractivity contribution in [2.75, 3.05) is 0 Å². The number of rotatable bonds is 3. The van der Waals surface area contributed by atoms with Crippen molar-refractivity contribution < 1.29 is 34.4 Å². The van der Waals surface area contributed by atoms with E-state index >= 15 is 0 Å². The Hall–Kier alpha value is -2.42. The van der Waals surface area contributed by atoms with Crippen molar-refractivity contribution in [2.24, 2.45) is 0 Å². The summed E-state index contributed by atoms with van der Waals surface area (Å²) in [6.45, 7) is 0. The maximum Gasteiger partial charge on any atom is 0.343 e. The molecule has 0 unspecified atom stereocenters. The predicted molar refractivity (Wildman–Crippen MR) is 80.7 cm³/mol. The fourth-order valence-corrected chi connectivity index (χ4v) is 2.90. The first-order valence-electron chi connectivity index (χ1n) is 7.31. The van der Waals surface area contributed by atoms with Crippen LogP contribution in [0.4, 0.5) is 0 Å². The van der Waals surface area contributed by atoms with Crippen molar-refractivity contribution in [3.05, 3.63) is 40.9 Å². The lowest BCUT2D eigenvalue weighted by Gasteiger charge is -2.39. The van der Waals surface area contributed by atoms with Gasteiger partial charge in [0, 0.05) is 18.2 Å². The van der Waals surface area contributed by atoms with Gasteiger partial charge in [-0.15, -0.1) is 0 Å². The van der Waals surface area contributed by atoms with Gasteiger partial charge in [-0.25, -0.2) is 9.59 Å². The van der Waals surface area contributed by atoms with Crippen LogP contribution in [0.2, 0.25) is 0 Å². The molecule has 0 aliphatic heterocycles. The largest absolute Gasteiger partial charge is 0.484 e. The van der Waals surface area contributed by atoms with Crippen LogP contribution in [0.25, 0.3) is 10.8 Å². The monoisotopic (exact) mass is 336 g/mol. The predicted octanol–water partition coefficient (Wildman–Crippen LogP) is -0.128. The molecule has 0 amide bonds. The molecule has 0 radical (unpaired) electrons. The van der Waals surface area contributed by atoms with Gasteiger partial charge in [0.25, 0.3) is 0 Å². The van der Waals surface area contributed by atoms with E-state index in [0.29, 0.717) is 5.39 Å². The van der Waals surface area contributed by atoms with E-state index in [4.69, 9.17) is 14.3 Å². The van der Waals surface area contributed by atoms with Crippen molar-refractivity contribution >= 4 is 16.7 Å². The summed E-state index contributed by atoms with van der Waals surface area (Å²) in [5.41, 5.74) is -2.78. The standard InChI is InChI=1S/C16H16O8/c17-10-5-16(22,15(20)21)6-11(13(10)18)24-12-7-23-14(19)9-4-2-1-3-8(9)12/h1-4,7,10-11,13,17-18,22H,5-6H2,(H,20,21)/t10-,11-,13-,16+/m1/s1. The molecular weight excluding hydrogens is 320 g/mol. The van der Waals surface area contributed by atoms with Gasteiger partial charge in [0.15, 0.2) is 11.4 Å². The molecule has 1 aliphatic carbocycles. The number of aliphatic carboxylic acids is 1. The maximum atomic E-state index is 11.7. The van der Waals surface area contributed by atoms with Crippen LogP contribution in [0.1, 0.15) is 12.8 Å². The Morgan fingerprint density at radius 3 is 2.54 bits per heavy atom. The molecule has 1 saturated carbocycles. The zero-order valence-corrected chi connectivity index (χ0v) is 12.5. The summed E-state index contributed by atoms with van der Waals surface area (Å²) in [7, 11) is 0. The zero-order chi connectivity index (χ0) is 17.5. The number of fused-ring (bicyclic) bond motifs is 1. The Balaban J connectivity index is 1.97. The first kappa shape index (κ1) is 16.4. The van der Waals surface area contributed by atoms with Gasteiger partial charge in [-0.1, -0.05) is 18.2 Å². The number of ether oxygens (including phenoxy) is 1. The van der Waals surface area contributed by atoms with Gasteiger partial charge in [0.1, 0.15) is 18.5 Å². The molecule has 4 N–H and O–H groups in total. The summed E-state index contributed by atoms with van der Waals surface area (Å²) in [5, 5.41) is 39.8. The molecule has 1 aromatic carbocycles. The second kappa shape index (κ2) is 5.90. The molecule has 1 fully saturated rings. The Morgan fingerprint density at radius 1 is 1.21 bits per heavy atom. The van der Waals surface area contributed by atoms with E-state index in [-0.39, 0.29) is 11.1 Å². The number of carbonyl (C=O) groups is 1. The average molecular weight is 336 g/mol.